The van der Waals surface area contributed by atoms with Crippen LogP contribution in [-0.2, 0) is 4.74 Å². The Labute approximate surface area is 144 Å². The summed E-state index contributed by atoms with van der Waals surface area (Å²) in [6.45, 7) is 2.11. The molecule has 1 aromatic rings. The number of urea groups is 1. The van der Waals surface area contributed by atoms with Gasteiger partial charge in [0, 0.05) is 13.2 Å². The van der Waals surface area contributed by atoms with Crippen molar-refractivity contribution in [1.29, 1.82) is 0 Å². The Hall–Kier alpha value is -1.59. The summed E-state index contributed by atoms with van der Waals surface area (Å²) in [6.07, 6.45) is 5.92. The van der Waals surface area contributed by atoms with Crippen molar-refractivity contribution < 1.29 is 14.6 Å². The van der Waals surface area contributed by atoms with Crippen LogP contribution in [0.5, 0.6) is 0 Å². The Bertz CT molecular complexity index is 529. The van der Waals surface area contributed by atoms with Crippen LogP contribution in [0.3, 0.4) is 0 Å². The number of rotatable bonds is 5. The first kappa shape index (κ1) is 17.2. The van der Waals surface area contributed by atoms with Gasteiger partial charge in [0.2, 0.25) is 0 Å². The molecule has 2 aliphatic rings. The highest BCUT2D eigenvalue weighted by atomic mass is 16.5. The third-order valence-corrected chi connectivity index (χ3v) is 5.20. The van der Waals surface area contributed by atoms with E-state index in [1.54, 1.807) is 0 Å². The van der Waals surface area contributed by atoms with E-state index in [0.717, 1.165) is 24.8 Å². The molecule has 1 saturated heterocycles. The summed E-state index contributed by atoms with van der Waals surface area (Å²) in [4.78, 5) is 14.7. The molecule has 1 spiro atoms. The van der Waals surface area contributed by atoms with E-state index in [1.807, 2.05) is 35.2 Å². The third kappa shape index (κ3) is 4.08. The second kappa shape index (κ2) is 7.99. The molecule has 2 N–H and O–H groups in total. The normalized spacial score (nSPS) is 21.0. The van der Waals surface area contributed by atoms with E-state index >= 15 is 0 Å². The number of aliphatic hydroxyl groups is 1. The monoisotopic (exact) mass is 332 g/mol. The molecule has 0 bridgehead atoms. The molecule has 132 valence electrons. The molecule has 5 heteroatoms. The minimum atomic E-state index is -0.108. The summed E-state index contributed by atoms with van der Waals surface area (Å²) >= 11 is 0. The zero-order valence-corrected chi connectivity index (χ0v) is 14.2. The van der Waals surface area contributed by atoms with Gasteiger partial charge in [-0.05, 0) is 31.2 Å². The van der Waals surface area contributed by atoms with E-state index < -0.39 is 0 Å². The van der Waals surface area contributed by atoms with Gasteiger partial charge in [0.25, 0.3) is 0 Å². The fraction of sp³-hybridized carbons (Fsp3) is 0.632. The molecule has 5 nitrogen and oxygen atoms in total. The van der Waals surface area contributed by atoms with Gasteiger partial charge in [-0.25, -0.2) is 4.79 Å². The van der Waals surface area contributed by atoms with Gasteiger partial charge in [-0.1, -0.05) is 43.2 Å². The van der Waals surface area contributed by atoms with Gasteiger partial charge >= 0.3 is 6.03 Å². The number of ether oxygens (including phenoxy) is 1. The maximum atomic E-state index is 12.8. The first-order valence-corrected chi connectivity index (χ1v) is 9.08. The van der Waals surface area contributed by atoms with Crippen LogP contribution >= 0.6 is 0 Å². The Morgan fingerprint density at radius 3 is 2.75 bits per heavy atom. The Balaban J connectivity index is 1.64. The minimum absolute atomic E-state index is 0.0173. The highest BCUT2D eigenvalue weighted by molar-refractivity contribution is 5.75. The van der Waals surface area contributed by atoms with Gasteiger partial charge in [-0.3, -0.25) is 0 Å². The summed E-state index contributed by atoms with van der Waals surface area (Å²) in [7, 11) is 0. The predicted octanol–water partition coefficient (Wildman–Crippen LogP) is 2.85. The predicted molar refractivity (Wildman–Crippen MR) is 92.8 cm³/mol. The quantitative estimate of drug-likeness (QED) is 0.871. The maximum absolute atomic E-state index is 12.8. The largest absolute Gasteiger partial charge is 0.396 e. The fourth-order valence-electron chi connectivity index (χ4n) is 3.88. The van der Waals surface area contributed by atoms with Crippen molar-refractivity contribution >= 4 is 6.03 Å². The number of nitrogens with one attached hydrogen (secondary N) is 1. The average Bonchev–Trinajstić information content (AvgIpc) is 3.06. The SMILES string of the molecule is O=C(NC(CCCO)c1ccccc1)N1CCOC2(CCCC2)C1. The molecular formula is C19H28N2O3. The van der Waals surface area contributed by atoms with Crippen molar-refractivity contribution in [3.8, 4) is 0 Å². The van der Waals surface area contributed by atoms with Crippen LogP contribution in [0.2, 0.25) is 0 Å². The number of aliphatic hydroxyl groups excluding tert-OH is 1. The number of benzene rings is 1. The van der Waals surface area contributed by atoms with Crippen LogP contribution in [0.1, 0.15) is 50.1 Å². The highest BCUT2D eigenvalue weighted by Gasteiger charge is 2.40. The number of nitrogens with zero attached hydrogens (tertiary/aromatic N) is 1. The van der Waals surface area contributed by atoms with Crippen LogP contribution in [0, 0.1) is 0 Å². The Kier molecular flexibility index (Phi) is 5.74. The van der Waals surface area contributed by atoms with E-state index in [0.29, 0.717) is 26.1 Å². The first-order valence-electron chi connectivity index (χ1n) is 9.08. The van der Waals surface area contributed by atoms with Crippen molar-refractivity contribution in [1.82, 2.24) is 10.2 Å². The lowest BCUT2D eigenvalue weighted by Gasteiger charge is -2.41. The minimum Gasteiger partial charge on any atom is -0.396 e. The second-order valence-corrected chi connectivity index (χ2v) is 6.94. The van der Waals surface area contributed by atoms with E-state index in [9.17, 15) is 4.79 Å². The van der Waals surface area contributed by atoms with Crippen LogP contribution in [-0.4, -0.2) is 47.9 Å². The molecule has 1 aliphatic carbocycles. The third-order valence-electron chi connectivity index (χ3n) is 5.20. The maximum Gasteiger partial charge on any atom is 0.318 e. The lowest BCUT2D eigenvalue weighted by atomic mass is 9.99. The lowest BCUT2D eigenvalue weighted by molar-refractivity contribution is -0.0927. The number of amides is 2. The zero-order valence-electron chi connectivity index (χ0n) is 14.2. The van der Waals surface area contributed by atoms with Crippen LogP contribution in [0.15, 0.2) is 30.3 Å². The van der Waals surface area contributed by atoms with Gasteiger partial charge in [0.15, 0.2) is 0 Å². The van der Waals surface area contributed by atoms with Gasteiger partial charge in [-0.15, -0.1) is 0 Å². The average molecular weight is 332 g/mol. The molecule has 1 atom stereocenters. The van der Waals surface area contributed by atoms with Gasteiger partial charge in [0.05, 0.1) is 24.8 Å². The van der Waals surface area contributed by atoms with Crippen molar-refractivity contribution in [2.75, 3.05) is 26.3 Å². The molecule has 1 saturated carbocycles. The molecule has 0 aromatic heterocycles. The number of morpholine rings is 1. The molecule has 1 unspecified atom stereocenters. The molecular weight excluding hydrogens is 304 g/mol. The number of carbonyl (C=O) groups is 1. The molecule has 24 heavy (non-hydrogen) atoms. The first-order chi connectivity index (χ1) is 11.7. The fourth-order valence-corrected chi connectivity index (χ4v) is 3.88. The molecule has 3 rings (SSSR count). The van der Waals surface area contributed by atoms with E-state index in [-0.39, 0.29) is 24.3 Å². The molecule has 1 aliphatic heterocycles. The van der Waals surface area contributed by atoms with E-state index in [2.05, 4.69) is 5.32 Å². The standard InChI is InChI=1S/C19H28N2O3/c22-13-6-9-17(16-7-2-1-3-8-16)20-18(23)21-12-14-24-19(15-21)10-4-5-11-19/h1-3,7-8,17,22H,4-6,9-15H2,(H,20,23). The lowest BCUT2D eigenvalue weighted by Crippen LogP contribution is -2.55. The van der Waals surface area contributed by atoms with Gasteiger partial charge < -0.3 is 20.1 Å². The van der Waals surface area contributed by atoms with Crippen molar-refractivity contribution in [2.45, 2.75) is 50.2 Å². The Morgan fingerprint density at radius 2 is 2.04 bits per heavy atom. The number of hydrogen-bond acceptors (Lipinski definition) is 3. The molecule has 2 fully saturated rings. The molecule has 1 heterocycles. The van der Waals surface area contributed by atoms with Gasteiger partial charge in [-0.2, -0.15) is 0 Å². The molecule has 2 amide bonds. The van der Waals surface area contributed by atoms with Gasteiger partial charge in [0.1, 0.15) is 0 Å². The van der Waals surface area contributed by atoms with Crippen molar-refractivity contribution in [2.24, 2.45) is 0 Å². The molecule has 1 aromatic carbocycles. The van der Waals surface area contributed by atoms with Crippen molar-refractivity contribution in [3.05, 3.63) is 35.9 Å². The number of carbonyl (C=O) groups excluding carboxylic acids is 1. The smallest absolute Gasteiger partial charge is 0.318 e. The number of hydrogen-bond donors (Lipinski definition) is 2. The van der Waals surface area contributed by atoms with Crippen LogP contribution in [0.25, 0.3) is 0 Å². The van der Waals surface area contributed by atoms with Crippen LogP contribution < -0.4 is 5.32 Å². The van der Waals surface area contributed by atoms with E-state index in [4.69, 9.17) is 9.84 Å². The molecule has 0 radical (unpaired) electrons. The highest BCUT2D eigenvalue weighted by Crippen LogP contribution is 2.36. The summed E-state index contributed by atoms with van der Waals surface area (Å²) in [5, 5.41) is 12.3. The van der Waals surface area contributed by atoms with Crippen molar-refractivity contribution in [3.63, 3.8) is 0 Å². The van der Waals surface area contributed by atoms with Crippen LogP contribution in [0.4, 0.5) is 4.79 Å². The summed E-state index contributed by atoms with van der Waals surface area (Å²) in [6, 6.07) is 9.91. The topological polar surface area (TPSA) is 61.8 Å². The Morgan fingerprint density at radius 1 is 1.29 bits per heavy atom. The zero-order chi connectivity index (χ0) is 16.8. The summed E-state index contributed by atoms with van der Waals surface area (Å²) in [5.74, 6) is 0. The van der Waals surface area contributed by atoms with E-state index in [1.165, 1.54) is 12.8 Å². The summed E-state index contributed by atoms with van der Waals surface area (Å²) < 4.78 is 6.01. The second-order valence-electron chi connectivity index (χ2n) is 6.94. The summed E-state index contributed by atoms with van der Waals surface area (Å²) in [5.41, 5.74) is 0.978.